The van der Waals surface area contributed by atoms with Gasteiger partial charge in [-0.3, -0.25) is 4.79 Å². The molecule has 1 aromatic rings. The third-order valence-electron chi connectivity index (χ3n) is 3.07. The number of nitrogens with one attached hydrogen (secondary N) is 1. The largest absolute Gasteiger partial charge is 0.373 e. The summed E-state index contributed by atoms with van der Waals surface area (Å²) < 4.78 is 0.995. The summed E-state index contributed by atoms with van der Waals surface area (Å²) >= 11 is 3.40. The molecule has 86 valence electrons. The van der Waals surface area contributed by atoms with Gasteiger partial charge in [-0.1, -0.05) is 28.4 Å². The second-order valence-corrected chi connectivity index (χ2v) is 5.14. The van der Waals surface area contributed by atoms with Crippen molar-refractivity contribution in [1.82, 2.24) is 0 Å². The van der Waals surface area contributed by atoms with Crippen LogP contribution in [0.4, 0.5) is 5.69 Å². The van der Waals surface area contributed by atoms with Gasteiger partial charge in [-0.15, -0.1) is 0 Å². The lowest BCUT2D eigenvalue weighted by molar-refractivity contribution is -0.120. The first-order chi connectivity index (χ1) is 7.66. The SMILES string of the molecule is NC(=O)C(Nc1cccc(Br)c1)C1CCC1. The third kappa shape index (κ3) is 2.55. The number of nitrogens with two attached hydrogens (primary N) is 1. The van der Waals surface area contributed by atoms with Gasteiger partial charge in [0.15, 0.2) is 0 Å². The molecule has 16 heavy (non-hydrogen) atoms. The topological polar surface area (TPSA) is 55.1 Å². The number of carbonyl (C=O) groups is 1. The fourth-order valence-electron chi connectivity index (χ4n) is 1.95. The number of primary amides is 1. The van der Waals surface area contributed by atoms with E-state index in [2.05, 4.69) is 21.2 Å². The zero-order valence-electron chi connectivity index (χ0n) is 8.95. The minimum Gasteiger partial charge on any atom is -0.373 e. The predicted molar refractivity (Wildman–Crippen MR) is 68.1 cm³/mol. The lowest BCUT2D eigenvalue weighted by Crippen LogP contribution is -2.44. The van der Waals surface area contributed by atoms with Crippen LogP contribution in [0.5, 0.6) is 0 Å². The van der Waals surface area contributed by atoms with E-state index < -0.39 is 0 Å². The number of anilines is 1. The summed E-state index contributed by atoms with van der Waals surface area (Å²) in [5.74, 6) is 0.140. The fourth-order valence-corrected chi connectivity index (χ4v) is 2.35. The predicted octanol–water partition coefficient (Wildman–Crippen LogP) is 2.52. The maximum Gasteiger partial charge on any atom is 0.240 e. The summed E-state index contributed by atoms with van der Waals surface area (Å²) in [5, 5.41) is 3.22. The van der Waals surface area contributed by atoms with Gasteiger partial charge in [-0.2, -0.15) is 0 Å². The van der Waals surface area contributed by atoms with Crippen molar-refractivity contribution in [1.29, 1.82) is 0 Å². The zero-order valence-corrected chi connectivity index (χ0v) is 10.5. The Hall–Kier alpha value is -1.03. The van der Waals surface area contributed by atoms with E-state index in [0.717, 1.165) is 23.0 Å². The summed E-state index contributed by atoms with van der Waals surface area (Å²) in [4.78, 5) is 11.4. The molecular formula is C12H15BrN2O. The van der Waals surface area contributed by atoms with Crippen LogP contribution in [0.3, 0.4) is 0 Å². The van der Waals surface area contributed by atoms with Gasteiger partial charge in [-0.05, 0) is 37.0 Å². The molecule has 0 radical (unpaired) electrons. The van der Waals surface area contributed by atoms with Crippen molar-refractivity contribution in [2.75, 3.05) is 5.32 Å². The van der Waals surface area contributed by atoms with Crippen molar-refractivity contribution >= 4 is 27.5 Å². The highest BCUT2D eigenvalue weighted by atomic mass is 79.9. The first-order valence-electron chi connectivity index (χ1n) is 5.48. The summed E-state index contributed by atoms with van der Waals surface area (Å²) in [6.45, 7) is 0. The Labute approximate surface area is 104 Å². The Morgan fingerprint density at radius 2 is 2.25 bits per heavy atom. The zero-order chi connectivity index (χ0) is 11.5. The third-order valence-corrected chi connectivity index (χ3v) is 3.57. The minimum atomic E-state index is -0.260. The van der Waals surface area contributed by atoms with Crippen molar-refractivity contribution < 1.29 is 4.79 Å². The minimum absolute atomic E-state index is 0.233. The molecule has 0 aromatic heterocycles. The second-order valence-electron chi connectivity index (χ2n) is 4.23. The van der Waals surface area contributed by atoms with Gasteiger partial charge in [0.05, 0.1) is 0 Å². The van der Waals surface area contributed by atoms with E-state index in [1.807, 2.05) is 24.3 Å². The van der Waals surface area contributed by atoms with Crippen LogP contribution in [0.25, 0.3) is 0 Å². The maximum absolute atomic E-state index is 11.4. The first kappa shape index (κ1) is 11.5. The van der Waals surface area contributed by atoms with Gasteiger partial charge in [-0.25, -0.2) is 0 Å². The Bertz CT molecular complexity index is 390. The molecule has 0 spiro atoms. The molecule has 1 aliphatic rings. The Morgan fingerprint density at radius 1 is 1.50 bits per heavy atom. The molecule has 1 amide bonds. The van der Waals surface area contributed by atoms with Gasteiger partial charge in [0, 0.05) is 10.2 Å². The van der Waals surface area contributed by atoms with Crippen LogP contribution in [0.2, 0.25) is 0 Å². The lowest BCUT2D eigenvalue weighted by Gasteiger charge is -2.32. The number of hydrogen-bond acceptors (Lipinski definition) is 2. The molecule has 1 unspecified atom stereocenters. The maximum atomic E-state index is 11.4. The molecule has 1 aromatic carbocycles. The van der Waals surface area contributed by atoms with Crippen LogP contribution in [0.15, 0.2) is 28.7 Å². The number of hydrogen-bond donors (Lipinski definition) is 2. The van der Waals surface area contributed by atoms with Crippen molar-refractivity contribution in [3.8, 4) is 0 Å². The molecule has 0 bridgehead atoms. The van der Waals surface area contributed by atoms with E-state index in [1.165, 1.54) is 6.42 Å². The van der Waals surface area contributed by atoms with E-state index >= 15 is 0 Å². The van der Waals surface area contributed by atoms with Crippen LogP contribution in [0, 0.1) is 5.92 Å². The highest BCUT2D eigenvalue weighted by Crippen LogP contribution is 2.31. The van der Waals surface area contributed by atoms with E-state index in [0.29, 0.717) is 5.92 Å². The Kier molecular flexibility index (Phi) is 3.49. The molecule has 1 atom stereocenters. The molecule has 1 fully saturated rings. The molecule has 0 saturated heterocycles. The molecule has 1 saturated carbocycles. The summed E-state index contributed by atoms with van der Waals surface area (Å²) in [5.41, 5.74) is 6.36. The average molecular weight is 283 g/mol. The van der Waals surface area contributed by atoms with Crippen molar-refractivity contribution in [2.24, 2.45) is 11.7 Å². The van der Waals surface area contributed by atoms with E-state index in [-0.39, 0.29) is 11.9 Å². The molecule has 3 nitrogen and oxygen atoms in total. The van der Waals surface area contributed by atoms with Gasteiger partial charge in [0.2, 0.25) is 5.91 Å². The van der Waals surface area contributed by atoms with Crippen LogP contribution in [-0.4, -0.2) is 11.9 Å². The summed E-state index contributed by atoms with van der Waals surface area (Å²) in [7, 11) is 0. The van der Waals surface area contributed by atoms with Crippen molar-refractivity contribution in [3.63, 3.8) is 0 Å². The molecule has 3 N–H and O–H groups in total. The average Bonchev–Trinajstić information content (AvgIpc) is 2.14. The lowest BCUT2D eigenvalue weighted by atomic mass is 9.79. The van der Waals surface area contributed by atoms with Gasteiger partial charge in [0.25, 0.3) is 0 Å². The molecule has 0 heterocycles. The molecule has 1 aliphatic carbocycles. The van der Waals surface area contributed by atoms with Gasteiger partial charge < -0.3 is 11.1 Å². The number of amides is 1. The normalized spacial score (nSPS) is 17.6. The van der Waals surface area contributed by atoms with Crippen LogP contribution in [-0.2, 0) is 4.79 Å². The molecule has 4 heteroatoms. The molecule has 0 aliphatic heterocycles. The van der Waals surface area contributed by atoms with E-state index in [1.54, 1.807) is 0 Å². The van der Waals surface area contributed by atoms with Crippen molar-refractivity contribution in [3.05, 3.63) is 28.7 Å². The first-order valence-corrected chi connectivity index (χ1v) is 6.27. The quantitative estimate of drug-likeness (QED) is 0.892. The van der Waals surface area contributed by atoms with E-state index in [9.17, 15) is 4.79 Å². The Morgan fingerprint density at radius 3 is 2.75 bits per heavy atom. The highest BCUT2D eigenvalue weighted by Gasteiger charge is 2.31. The number of rotatable bonds is 4. The summed E-state index contributed by atoms with van der Waals surface area (Å²) in [6, 6.07) is 7.55. The molecule has 2 rings (SSSR count). The highest BCUT2D eigenvalue weighted by molar-refractivity contribution is 9.10. The number of halogens is 1. The fraction of sp³-hybridized carbons (Fsp3) is 0.417. The van der Waals surface area contributed by atoms with Gasteiger partial charge in [0.1, 0.15) is 6.04 Å². The number of carbonyl (C=O) groups excluding carboxylic acids is 1. The Balaban J connectivity index is 2.07. The second kappa shape index (κ2) is 4.87. The van der Waals surface area contributed by atoms with Crippen molar-refractivity contribution in [2.45, 2.75) is 25.3 Å². The van der Waals surface area contributed by atoms with Gasteiger partial charge >= 0.3 is 0 Å². The van der Waals surface area contributed by atoms with Crippen LogP contribution < -0.4 is 11.1 Å². The standard InChI is InChI=1S/C12H15BrN2O/c13-9-5-2-6-10(7-9)15-11(12(14)16)8-3-1-4-8/h2,5-8,11,15H,1,3-4H2,(H2,14,16). The number of benzene rings is 1. The van der Waals surface area contributed by atoms with Crippen LogP contribution >= 0.6 is 15.9 Å². The van der Waals surface area contributed by atoms with E-state index in [4.69, 9.17) is 5.73 Å². The monoisotopic (exact) mass is 282 g/mol. The molecular weight excluding hydrogens is 268 g/mol. The smallest absolute Gasteiger partial charge is 0.240 e. The summed E-state index contributed by atoms with van der Waals surface area (Å²) in [6.07, 6.45) is 3.39. The van der Waals surface area contributed by atoms with Crippen LogP contribution in [0.1, 0.15) is 19.3 Å².